The number of halogens is 1. The Morgan fingerprint density at radius 3 is 2.50 bits per heavy atom. The van der Waals surface area contributed by atoms with Crippen LogP contribution in [0.5, 0.6) is 0 Å². The van der Waals surface area contributed by atoms with E-state index in [0.717, 1.165) is 12.0 Å². The van der Waals surface area contributed by atoms with Gasteiger partial charge in [-0.15, -0.1) is 0 Å². The monoisotopic (exact) mass is 466 g/mol. The molecule has 2 amide bonds. The minimum Gasteiger partial charge on any atom is -0.350 e. The van der Waals surface area contributed by atoms with Crippen molar-refractivity contribution in [3.05, 3.63) is 88.4 Å². The summed E-state index contributed by atoms with van der Waals surface area (Å²) in [5, 5.41) is 3.55. The molecule has 0 aromatic heterocycles. The molecule has 164 valence electrons. The number of carbonyl (C=O) groups excluding carboxylic acids is 2. The summed E-state index contributed by atoms with van der Waals surface area (Å²) in [5.41, 5.74) is 2.15. The third-order valence-electron chi connectivity index (χ3n) is 5.52. The van der Waals surface area contributed by atoms with E-state index in [0.29, 0.717) is 31.6 Å². The first-order valence-electron chi connectivity index (χ1n) is 10.4. The first-order valence-corrected chi connectivity index (χ1v) is 11.9. The van der Waals surface area contributed by atoms with Gasteiger partial charge in [0.25, 0.3) is 11.8 Å². The summed E-state index contributed by atoms with van der Waals surface area (Å²) in [7, 11) is -1.56. The number of carbonyl (C=O) groups is 2. The van der Waals surface area contributed by atoms with E-state index in [9.17, 15) is 13.8 Å². The van der Waals surface area contributed by atoms with Crippen LogP contribution in [0.15, 0.2) is 76.5 Å². The van der Waals surface area contributed by atoms with Crippen molar-refractivity contribution in [3.8, 4) is 0 Å². The number of fused-ring (bicyclic) bond motifs is 2. The molecular weight excluding hydrogens is 444 g/mol. The first-order chi connectivity index (χ1) is 15.4. The molecule has 1 aliphatic rings. The van der Waals surface area contributed by atoms with Crippen molar-refractivity contribution < 1.29 is 13.8 Å². The van der Waals surface area contributed by atoms with E-state index in [1.807, 2.05) is 26.0 Å². The van der Waals surface area contributed by atoms with Gasteiger partial charge in [0.05, 0.1) is 38.4 Å². The van der Waals surface area contributed by atoms with Gasteiger partial charge in [-0.3, -0.25) is 9.59 Å². The van der Waals surface area contributed by atoms with Gasteiger partial charge in [-0.05, 0) is 61.4 Å². The highest BCUT2D eigenvalue weighted by molar-refractivity contribution is 7.85. The fraction of sp³-hybridized carbons (Fsp3) is 0.200. The van der Waals surface area contributed by atoms with Crippen LogP contribution in [0, 0.1) is 0 Å². The highest BCUT2D eigenvalue weighted by Crippen LogP contribution is 2.36. The van der Waals surface area contributed by atoms with Crippen LogP contribution in [0.3, 0.4) is 0 Å². The topological polar surface area (TPSA) is 66.5 Å². The van der Waals surface area contributed by atoms with Crippen LogP contribution in [0.2, 0.25) is 5.02 Å². The molecule has 0 bridgehead atoms. The molecule has 1 N–H and O–H groups in total. The van der Waals surface area contributed by atoms with Gasteiger partial charge < -0.3 is 10.2 Å². The van der Waals surface area contributed by atoms with Gasteiger partial charge in [-0.2, -0.15) is 0 Å². The van der Waals surface area contributed by atoms with E-state index in [2.05, 4.69) is 5.32 Å². The lowest BCUT2D eigenvalue weighted by molar-refractivity contribution is 0.0936. The quantitative estimate of drug-likeness (QED) is 0.562. The van der Waals surface area contributed by atoms with Gasteiger partial charge in [0.1, 0.15) is 0 Å². The van der Waals surface area contributed by atoms with E-state index in [1.165, 1.54) is 0 Å². The molecule has 0 fully saturated rings. The molecule has 0 saturated carbocycles. The number of amides is 2. The normalized spacial score (nSPS) is 16.0. The number of hydrogen-bond donors (Lipinski definition) is 1. The van der Waals surface area contributed by atoms with Gasteiger partial charge in [0.15, 0.2) is 0 Å². The van der Waals surface area contributed by atoms with Gasteiger partial charge in [0.2, 0.25) is 0 Å². The lowest BCUT2D eigenvalue weighted by Crippen LogP contribution is -2.33. The van der Waals surface area contributed by atoms with Crippen LogP contribution in [-0.2, 0) is 17.3 Å². The van der Waals surface area contributed by atoms with Crippen molar-refractivity contribution in [3.63, 3.8) is 0 Å². The van der Waals surface area contributed by atoms with Gasteiger partial charge >= 0.3 is 0 Å². The molecule has 7 heteroatoms. The second kappa shape index (κ2) is 9.27. The molecule has 3 aromatic carbocycles. The van der Waals surface area contributed by atoms with E-state index in [-0.39, 0.29) is 24.4 Å². The number of nitrogens with one attached hydrogen (secondary N) is 1. The van der Waals surface area contributed by atoms with Crippen LogP contribution in [0.1, 0.15) is 46.5 Å². The maximum Gasteiger partial charge on any atom is 0.259 e. The third kappa shape index (κ3) is 4.33. The fourth-order valence-corrected chi connectivity index (χ4v) is 5.01. The number of benzene rings is 3. The SMILES string of the molecule is CCC(C)NC(=O)c1ccc2c(c1)N(Cc1ccc(Cl)cc1)C(=O)c1ccccc1S2=O. The molecule has 0 spiro atoms. The van der Waals surface area contributed by atoms with Crippen molar-refractivity contribution >= 4 is 39.9 Å². The Bertz CT molecular complexity index is 1210. The largest absolute Gasteiger partial charge is 0.350 e. The minimum atomic E-state index is -1.56. The molecule has 3 aromatic rings. The Labute approximate surface area is 194 Å². The number of hydrogen-bond acceptors (Lipinski definition) is 3. The molecule has 0 saturated heterocycles. The average Bonchev–Trinajstić information content (AvgIpc) is 2.89. The highest BCUT2D eigenvalue weighted by Gasteiger charge is 2.31. The number of anilines is 1. The maximum absolute atomic E-state index is 13.6. The summed E-state index contributed by atoms with van der Waals surface area (Å²) in [4.78, 5) is 28.9. The van der Waals surface area contributed by atoms with Crippen molar-refractivity contribution in [1.82, 2.24) is 5.32 Å². The smallest absolute Gasteiger partial charge is 0.259 e. The van der Waals surface area contributed by atoms with Crippen LogP contribution >= 0.6 is 11.6 Å². The van der Waals surface area contributed by atoms with Crippen LogP contribution in [0.25, 0.3) is 0 Å². The van der Waals surface area contributed by atoms with Gasteiger partial charge in [0, 0.05) is 16.6 Å². The number of nitrogens with zero attached hydrogens (tertiary/aromatic N) is 1. The molecule has 5 nitrogen and oxygen atoms in total. The lowest BCUT2D eigenvalue weighted by Gasteiger charge is -2.24. The molecule has 1 heterocycles. The second-order valence-electron chi connectivity index (χ2n) is 7.75. The molecule has 1 aliphatic heterocycles. The summed E-state index contributed by atoms with van der Waals surface area (Å²) >= 11 is 6.02. The van der Waals surface area contributed by atoms with Crippen molar-refractivity contribution in [1.29, 1.82) is 0 Å². The predicted octanol–water partition coefficient (Wildman–Crippen LogP) is 5.20. The molecule has 32 heavy (non-hydrogen) atoms. The zero-order chi connectivity index (χ0) is 22.8. The molecular formula is C25H23ClN2O3S. The Morgan fingerprint density at radius 2 is 1.78 bits per heavy atom. The first kappa shape index (κ1) is 22.2. The van der Waals surface area contributed by atoms with Crippen LogP contribution in [0.4, 0.5) is 5.69 Å². The summed E-state index contributed by atoms with van der Waals surface area (Å²) < 4.78 is 13.4. The summed E-state index contributed by atoms with van der Waals surface area (Å²) in [6.45, 7) is 4.18. The zero-order valence-corrected chi connectivity index (χ0v) is 19.4. The van der Waals surface area contributed by atoms with Crippen molar-refractivity contribution in [2.45, 2.75) is 42.6 Å². The summed E-state index contributed by atoms with van der Waals surface area (Å²) in [5.74, 6) is -0.490. The standard InChI is InChI=1S/C25H23ClN2O3S/c1-3-16(2)27-24(29)18-10-13-23-21(14-18)28(15-17-8-11-19(26)12-9-17)25(30)20-6-4-5-7-22(20)32(23)31/h4-14,16H,3,15H2,1-2H3,(H,27,29). The van der Waals surface area contributed by atoms with E-state index >= 15 is 0 Å². The van der Waals surface area contributed by atoms with Crippen molar-refractivity contribution in [2.75, 3.05) is 4.90 Å². The van der Waals surface area contributed by atoms with E-state index in [1.54, 1.807) is 59.5 Å². The third-order valence-corrected chi connectivity index (χ3v) is 7.27. The Kier molecular flexibility index (Phi) is 6.44. The Hall–Kier alpha value is -2.96. The second-order valence-corrected chi connectivity index (χ2v) is 9.60. The molecule has 4 rings (SSSR count). The fourth-order valence-electron chi connectivity index (χ4n) is 3.54. The minimum absolute atomic E-state index is 0.0199. The summed E-state index contributed by atoms with van der Waals surface area (Å²) in [6, 6.07) is 19.2. The van der Waals surface area contributed by atoms with Crippen LogP contribution < -0.4 is 10.2 Å². The summed E-state index contributed by atoms with van der Waals surface area (Å²) in [6.07, 6.45) is 0.803. The van der Waals surface area contributed by atoms with Crippen LogP contribution in [-0.4, -0.2) is 22.1 Å². The molecule has 2 atom stereocenters. The Morgan fingerprint density at radius 1 is 1.06 bits per heavy atom. The average molecular weight is 467 g/mol. The maximum atomic E-state index is 13.6. The zero-order valence-electron chi connectivity index (χ0n) is 17.8. The van der Waals surface area contributed by atoms with Gasteiger partial charge in [-0.25, -0.2) is 4.21 Å². The van der Waals surface area contributed by atoms with Gasteiger partial charge in [-0.1, -0.05) is 42.8 Å². The molecule has 0 aliphatic carbocycles. The molecule has 2 unspecified atom stereocenters. The lowest BCUT2D eigenvalue weighted by atomic mass is 10.1. The van der Waals surface area contributed by atoms with Crippen molar-refractivity contribution in [2.24, 2.45) is 0 Å². The van der Waals surface area contributed by atoms with E-state index in [4.69, 9.17) is 11.6 Å². The highest BCUT2D eigenvalue weighted by atomic mass is 35.5. The number of rotatable bonds is 5. The Balaban J connectivity index is 1.84. The molecule has 0 radical (unpaired) electrons. The van der Waals surface area contributed by atoms with E-state index < -0.39 is 10.8 Å². The predicted molar refractivity (Wildman–Crippen MR) is 127 cm³/mol.